The van der Waals surface area contributed by atoms with Gasteiger partial charge in [0.25, 0.3) is 0 Å². The summed E-state index contributed by atoms with van der Waals surface area (Å²) < 4.78 is 0. The van der Waals surface area contributed by atoms with Crippen molar-refractivity contribution in [1.29, 1.82) is 0 Å². The van der Waals surface area contributed by atoms with Crippen LogP contribution in [0.15, 0.2) is 18.2 Å². The Labute approximate surface area is 110 Å². The summed E-state index contributed by atoms with van der Waals surface area (Å²) in [6, 6.07) is 6.95. The smallest absolute Gasteiger partial charge is 0.0434 e. The predicted molar refractivity (Wildman–Crippen MR) is 77.4 cm³/mol. The lowest BCUT2D eigenvalue weighted by Gasteiger charge is -2.41. The molecule has 1 aromatic carbocycles. The van der Waals surface area contributed by atoms with Crippen molar-refractivity contribution < 1.29 is 0 Å². The standard InChI is InChI=1S/C14H18N2.C2H6/c1-3-10-4-2-6-16-9-11-7-15-8-13(11)12(5-1)14(10)16;1-2/h1,3,5,11,13,15H,2,4,6-9H2;1-2H3. The van der Waals surface area contributed by atoms with Gasteiger partial charge in [-0.2, -0.15) is 0 Å². The molecule has 1 fully saturated rings. The van der Waals surface area contributed by atoms with Gasteiger partial charge in [-0.25, -0.2) is 0 Å². The minimum atomic E-state index is 0.782. The molecule has 1 saturated heterocycles. The summed E-state index contributed by atoms with van der Waals surface area (Å²) in [5, 5.41) is 3.56. The number of rotatable bonds is 0. The second-order valence-corrected chi connectivity index (χ2v) is 5.43. The van der Waals surface area contributed by atoms with Gasteiger partial charge in [-0.15, -0.1) is 0 Å². The van der Waals surface area contributed by atoms with Crippen LogP contribution in [0.25, 0.3) is 0 Å². The number of nitrogens with zero attached hydrogens (tertiary/aromatic N) is 1. The van der Waals surface area contributed by atoms with Crippen LogP contribution in [0.4, 0.5) is 5.69 Å². The van der Waals surface area contributed by atoms with Crippen LogP contribution in [0, 0.1) is 5.92 Å². The van der Waals surface area contributed by atoms with Crippen molar-refractivity contribution in [2.24, 2.45) is 5.92 Å². The summed E-state index contributed by atoms with van der Waals surface area (Å²) >= 11 is 0. The SMILES string of the molecule is CC.c1cc2c3c(c1)C1CNCC1CN3CCC2. The largest absolute Gasteiger partial charge is 0.371 e. The van der Waals surface area contributed by atoms with E-state index in [0.29, 0.717) is 0 Å². The fourth-order valence-corrected chi connectivity index (χ4v) is 3.82. The van der Waals surface area contributed by atoms with E-state index in [4.69, 9.17) is 0 Å². The van der Waals surface area contributed by atoms with E-state index in [1.807, 2.05) is 13.8 Å². The van der Waals surface area contributed by atoms with Gasteiger partial charge in [0.2, 0.25) is 0 Å². The second kappa shape index (κ2) is 4.93. The van der Waals surface area contributed by atoms with Gasteiger partial charge in [-0.1, -0.05) is 32.0 Å². The van der Waals surface area contributed by atoms with Gasteiger partial charge in [-0.05, 0) is 29.9 Å². The molecule has 1 aromatic rings. The zero-order valence-electron chi connectivity index (χ0n) is 11.6. The lowest BCUT2D eigenvalue weighted by atomic mass is 9.80. The monoisotopic (exact) mass is 244 g/mol. The minimum absolute atomic E-state index is 0.782. The van der Waals surface area contributed by atoms with Crippen LogP contribution in [0.1, 0.15) is 37.3 Å². The summed E-state index contributed by atoms with van der Waals surface area (Å²) in [5.41, 5.74) is 4.81. The molecular weight excluding hydrogens is 220 g/mol. The average molecular weight is 244 g/mol. The molecule has 2 nitrogen and oxygen atoms in total. The van der Waals surface area contributed by atoms with E-state index in [1.54, 1.807) is 16.8 Å². The number of hydrogen-bond donors (Lipinski definition) is 1. The molecule has 0 aromatic heterocycles. The van der Waals surface area contributed by atoms with Gasteiger partial charge in [0, 0.05) is 37.8 Å². The molecule has 3 heterocycles. The number of nitrogens with one attached hydrogen (secondary N) is 1. The highest BCUT2D eigenvalue weighted by Gasteiger charge is 2.38. The maximum Gasteiger partial charge on any atom is 0.0434 e. The molecule has 0 bridgehead atoms. The Morgan fingerprint density at radius 2 is 2.11 bits per heavy atom. The fraction of sp³-hybridized carbons (Fsp3) is 0.625. The van der Waals surface area contributed by atoms with Crippen molar-refractivity contribution in [3.8, 4) is 0 Å². The first kappa shape index (κ1) is 12.0. The van der Waals surface area contributed by atoms with E-state index in [0.717, 1.165) is 11.8 Å². The van der Waals surface area contributed by atoms with E-state index in [2.05, 4.69) is 28.4 Å². The summed E-state index contributed by atoms with van der Waals surface area (Å²) in [7, 11) is 0. The number of aryl methyl sites for hydroxylation is 1. The Kier molecular flexibility index (Phi) is 3.29. The molecule has 2 unspecified atom stereocenters. The van der Waals surface area contributed by atoms with E-state index >= 15 is 0 Å². The van der Waals surface area contributed by atoms with Crippen molar-refractivity contribution in [1.82, 2.24) is 5.32 Å². The molecule has 4 rings (SSSR count). The van der Waals surface area contributed by atoms with Gasteiger partial charge in [0.1, 0.15) is 0 Å². The predicted octanol–water partition coefficient (Wildman–Crippen LogP) is 2.78. The Balaban J connectivity index is 0.000000478. The molecule has 0 amide bonds. The summed E-state index contributed by atoms with van der Waals surface area (Å²) in [6.07, 6.45) is 2.62. The first-order chi connectivity index (χ1) is 8.93. The maximum atomic E-state index is 3.56. The van der Waals surface area contributed by atoms with E-state index < -0.39 is 0 Å². The first-order valence-corrected chi connectivity index (χ1v) is 7.51. The topological polar surface area (TPSA) is 15.3 Å². The number of anilines is 1. The number of fused-ring (bicyclic) bond motifs is 2. The molecule has 2 heteroatoms. The third kappa shape index (κ3) is 1.74. The van der Waals surface area contributed by atoms with Crippen LogP contribution in [-0.2, 0) is 6.42 Å². The molecule has 3 aliphatic heterocycles. The fourth-order valence-electron chi connectivity index (χ4n) is 3.82. The van der Waals surface area contributed by atoms with E-state index in [1.165, 1.54) is 39.0 Å². The Morgan fingerprint density at radius 3 is 3.00 bits per heavy atom. The summed E-state index contributed by atoms with van der Waals surface area (Å²) in [5.74, 6) is 1.63. The van der Waals surface area contributed by atoms with Crippen LogP contribution < -0.4 is 10.2 Å². The summed E-state index contributed by atoms with van der Waals surface area (Å²) in [4.78, 5) is 2.64. The Morgan fingerprint density at radius 1 is 1.22 bits per heavy atom. The molecule has 0 aliphatic carbocycles. The molecule has 18 heavy (non-hydrogen) atoms. The third-order valence-electron chi connectivity index (χ3n) is 4.54. The van der Waals surface area contributed by atoms with Crippen LogP contribution in [0.2, 0.25) is 0 Å². The molecule has 3 aliphatic rings. The minimum Gasteiger partial charge on any atom is -0.371 e. The molecule has 1 N–H and O–H groups in total. The van der Waals surface area contributed by atoms with Crippen molar-refractivity contribution in [2.45, 2.75) is 32.6 Å². The van der Waals surface area contributed by atoms with Crippen molar-refractivity contribution >= 4 is 5.69 Å². The van der Waals surface area contributed by atoms with Crippen molar-refractivity contribution in [3.05, 3.63) is 29.3 Å². The van der Waals surface area contributed by atoms with Gasteiger partial charge in [0.05, 0.1) is 0 Å². The van der Waals surface area contributed by atoms with Crippen molar-refractivity contribution in [2.75, 3.05) is 31.1 Å². The Hall–Kier alpha value is -1.02. The van der Waals surface area contributed by atoms with Crippen LogP contribution in [0.5, 0.6) is 0 Å². The molecule has 0 radical (unpaired) electrons. The number of hydrogen-bond acceptors (Lipinski definition) is 2. The quantitative estimate of drug-likeness (QED) is 0.755. The van der Waals surface area contributed by atoms with Gasteiger partial charge in [-0.3, -0.25) is 0 Å². The molecule has 98 valence electrons. The highest BCUT2D eigenvalue weighted by atomic mass is 15.2. The van der Waals surface area contributed by atoms with Gasteiger partial charge >= 0.3 is 0 Å². The lowest BCUT2D eigenvalue weighted by Crippen LogP contribution is -2.40. The number of benzene rings is 1. The van der Waals surface area contributed by atoms with Crippen LogP contribution in [-0.4, -0.2) is 26.2 Å². The van der Waals surface area contributed by atoms with Crippen LogP contribution in [0.3, 0.4) is 0 Å². The van der Waals surface area contributed by atoms with Gasteiger partial charge in [0.15, 0.2) is 0 Å². The molecule has 0 spiro atoms. The zero-order chi connectivity index (χ0) is 12.5. The molecular formula is C16H24N2. The molecule has 0 saturated carbocycles. The first-order valence-electron chi connectivity index (χ1n) is 7.51. The second-order valence-electron chi connectivity index (χ2n) is 5.43. The lowest BCUT2D eigenvalue weighted by molar-refractivity contribution is 0.470. The van der Waals surface area contributed by atoms with E-state index in [9.17, 15) is 0 Å². The highest BCUT2D eigenvalue weighted by Crippen LogP contribution is 2.43. The van der Waals surface area contributed by atoms with Crippen molar-refractivity contribution in [3.63, 3.8) is 0 Å². The molecule has 2 atom stereocenters. The van der Waals surface area contributed by atoms with E-state index in [-0.39, 0.29) is 0 Å². The zero-order valence-corrected chi connectivity index (χ0v) is 11.6. The van der Waals surface area contributed by atoms with Gasteiger partial charge < -0.3 is 10.2 Å². The Bertz CT molecular complexity index is 427. The average Bonchev–Trinajstić information content (AvgIpc) is 2.90. The van der Waals surface area contributed by atoms with Crippen LogP contribution >= 0.6 is 0 Å². The highest BCUT2D eigenvalue weighted by molar-refractivity contribution is 5.64. The summed E-state index contributed by atoms with van der Waals surface area (Å²) in [6.45, 7) is 8.95. The normalized spacial score (nSPS) is 28.0. The maximum absolute atomic E-state index is 3.56. The third-order valence-corrected chi connectivity index (χ3v) is 4.54. The number of para-hydroxylation sites is 1.